The fraction of sp³-hybridized carbons (Fsp3) is 0.500. The topological polar surface area (TPSA) is 294 Å². The van der Waals surface area contributed by atoms with Gasteiger partial charge in [-0.3, -0.25) is 38.4 Å². The third kappa shape index (κ3) is 13.8. The van der Waals surface area contributed by atoms with Crippen LogP contribution < -0.4 is 43.4 Å². The summed E-state index contributed by atoms with van der Waals surface area (Å²) in [6, 6.07) is -3.12. The van der Waals surface area contributed by atoms with E-state index in [0.29, 0.717) is 5.01 Å². The first-order chi connectivity index (χ1) is 19.2. The Kier molecular flexibility index (Phi) is 14.4. The number of carbonyl (C=O) groups is 8. The van der Waals surface area contributed by atoms with Crippen LogP contribution in [0.25, 0.3) is 0 Å². The van der Waals surface area contributed by atoms with E-state index in [4.69, 9.17) is 16.6 Å². The molecule has 0 aliphatic rings. The second kappa shape index (κ2) is 17.1. The van der Waals surface area contributed by atoms with Gasteiger partial charge in [0.1, 0.15) is 22.8 Å². The van der Waals surface area contributed by atoms with Crippen LogP contribution in [0, 0.1) is 0 Å². The van der Waals surface area contributed by atoms with Gasteiger partial charge in [0, 0.05) is 11.8 Å². The number of aliphatic carboxylic acids is 1. The molecule has 1 rings (SSSR count). The number of nitrogens with zero attached hydrogens (tertiary/aromatic N) is 1. The molecule has 0 saturated carbocycles. The minimum Gasteiger partial charge on any atom is -0.480 e. The molecule has 19 heteroatoms. The molecular formula is C22H33N9O9S. The summed E-state index contributed by atoms with van der Waals surface area (Å²) in [5.74, 6) is -5.82. The third-order valence-electron chi connectivity index (χ3n) is 5.03. The Labute approximate surface area is 237 Å². The quantitative estimate of drug-likeness (QED) is 0.0820. The summed E-state index contributed by atoms with van der Waals surface area (Å²) in [6.45, 7) is 1.21. The highest BCUT2D eigenvalue weighted by molar-refractivity contribution is 7.09. The molecule has 0 radical (unpaired) electrons. The van der Waals surface area contributed by atoms with E-state index in [1.54, 1.807) is 0 Å². The van der Waals surface area contributed by atoms with Crippen LogP contribution >= 0.6 is 11.3 Å². The molecular weight excluding hydrogens is 566 g/mol. The summed E-state index contributed by atoms with van der Waals surface area (Å²) >= 11 is 1.06. The molecule has 7 amide bonds. The SMILES string of the molecule is C[C@H](NC(=O)CNC(=O)CNC(=O)c1csc(CNC(=O)[C@H](C)NC(=O)CNC(=O)[C@@H](N)CCC(N)=O)n1)C(=O)O. The second-order valence-electron chi connectivity index (χ2n) is 8.55. The summed E-state index contributed by atoms with van der Waals surface area (Å²) in [7, 11) is 0. The molecule has 1 aromatic rings. The maximum Gasteiger partial charge on any atom is 0.325 e. The van der Waals surface area contributed by atoms with Crippen LogP contribution in [0.15, 0.2) is 5.38 Å². The molecule has 0 saturated heterocycles. The van der Waals surface area contributed by atoms with Crippen LogP contribution in [-0.4, -0.2) is 95.2 Å². The maximum absolute atomic E-state index is 12.3. The Hall–Kier alpha value is -4.65. The van der Waals surface area contributed by atoms with Crippen molar-refractivity contribution in [1.82, 2.24) is 36.9 Å². The minimum absolute atomic E-state index is 0.0220. The molecule has 0 aliphatic heterocycles. The molecule has 1 aromatic heterocycles. The Morgan fingerprint density at radius 2 is 1.44 bits per heavy atom. The highest BCUT2D eigenvalue weighted by Crippen LogP contribution is 2.09. The van der Waals surface area contributed by atoms with Crippen molar-refractivity contribution in [3.8, 4) is 0 Å². The fourth-order valence-electron chi connectivity index (χ4n) is 2.74. The van der Waals surface area contributed by atoms with E-state index in [-0.39, 0.29) is 25.1 Å². The van der Waals surface area contributed by atoms with Crippen LogP contribution in [0.3, 0.4) is 0 Å². The van der Waals surface area contributed by atoms with Gasteiger partial charge < -0.3 is 48.5 Å². The largest absolute Gasteiger partial charge is 0.480 e. The predicted molar refractivity (Wildman–Crippen MR) is 142 cm³/mol. The molecule has 0 aliphatic carbocycles. The van der Waals surface area contributed by atoms with E-state index < -0.39 is 85.1 Å². The van der Waals surface area contributed by atoms with Gasteiger partial charge in [0.2, 0.25) is 35.4 Å². The number of aromatic nitrogens is 1. The monoisotopic (exact) mass is 599 g/mol. The fourth-order valence-corrected chi connectivity index (χ4v) is 3.46. The average molecular weight is 600 g/mol. The van der Waals surface area contributed by atoms with Crippen molar-refractivity contribution in [3.63, 3.8) is 0 Å². The highest BCUT2D eigenvalue weighted by Gasteiger charge is 2.19. The van der Waals surface area contributed by atoms with Crippen LogP contribution in [0.1, 0.15) is 42.2 Å². The molecule has 11 N–H and O–H groups in total. The van der Waals surface area contributed by atoms with Crippen LogP contribution in [0.2, 0.25) is 0 Å². The predicted octanol–water partition coefficient (Wildman–Crippen LogP) is -4.59. The summed E-state index contributed by atoms with van der Waals surface area (Å²) in [4.78, 5) is 97.3. The number of rotatable bonds is 17. The molecule has 0 spiro atoms. The van der Waals surface area contributed by atoms with Crippen molar-refractivity contribution in [2.45, 2.75) is 51.4 Å². The van der Waals surface area contributed by atoms with E-state index in [2.05, 4.69) is 36.9 Å². The number of carboxylic acids is 1. The number of carboxylic acid groups (broad SMARTS) is 1. The van der Waals surface area contributed by atoms with E-state index in [0.717, 1.165) is 11.3 Å². The summed E-state index contributed by atoms with van der Waals surface area (Å²) in [6.07, 6.45) is -0.0614. The van der Waals surface area contributed by atoms with Crippen molar-refractivity contribution in [2.24, 2.45) is 11.5 Å². The van der Waals surface area contributed by atoms with Gasteiger partial charge in [-0.25, -0.2) is 4.98 Å². The molecule has 0 unspecified atom stereocenters. The van der Waals surface area contributed by atoms with Crippen LogP contribution in [0.4, 0.5) is 0 Å². The molecule has 0 bridgehead atoms. The molecule has 226 valence electrons. The van der Waals surface area contributed by atoms with Gasteiger partial charge in [0.15, 0.2) is 0 Å². The number of hydrogen-bond donors (Lipinski definition) is 9. The zero-order valence-corrected chi connectivity index (χ0v) is 23.1. The molecule has 0 fully saturated rings. The number of carbonyl (C=O) groups excluding carboxylic acids is 7. The van der Waals surface area contributed by atoms with Crippen molar-refractivity contribution in [2.75, 3.05) is 19.6 Å². The number of nitrogens with one attached hydrogen (secondary N) is 6. The lowest BCUT2D eigenvalue weighted by Gasteiger charge is -2.15. The van der Waals surface area contributed by atoms with E-state index in [1.807, 2.05) is 0 Å². The van der Waals surface area contributed by atoms with Gasteiger partial charge in [0.25, 0.3) is 5.91 Å². The van der Waals surface area contributed by atoms with E-state index in [9.17, 15) is 38.4 Å². The molecule has 1 heterocycles. The van der Waals surface area contributed by atoms with Gasteiger partial charge in [-0.1, -0.05) is 0 Å². The third-order valence-corrected chi connectivity index (χ3v) is 5.88. The lowest BCUT2D eigenvalue weighted by atomic mass is 10.1. The van der Waals surface area contributed by atoms with Crippen molar-refractivity contribution >= 4 is 58.7 Å². The average Bonchev–Trinajstić information content (AvgIpc) is 3.39. The second-order valence-corrected chi connectivity index (χ2v) is 9.49. The van der Waals surface area contributed by atoms with Crippen molar-refractivity contribution in [1.29, 1.82) is 0 Å². The number of amides is 7. The normalized spacial score (nSPS) is 12.6. The summed E-state index contributed by atoms with van der Waals surface area (Å²) in [5.41, 5.74) is 10.6. The molecule has 41 heavy (non-hydrogen) atoms. The zero-order valence-electron chi connectivity index (χ0n) is 22.3. The smallest absolute Gasteiger partial charge is 0.325 e. The van der Waals surface area contributed by atoms with Gasteiger partial charge in [-0.05, 0) is 20.3 Å². The van der Waals surface area contributed by atoms with Gasteiger partial charge in [0.05, 0.1) is 32.2 Å². The highest BCUT2D eigenvalue weighted by atomic mass is 32.1. The Bertz CT molecular complexity index is 1160. The lowest BCUT2D eigenvalue weighted by molar-refractivity contribution is -0.141. The first-order valence-corrected chi connectivity index (χ1v) is 13.0. The van der Waals surface area contributed by atoms with Gasteiger partial charge in [-0.2, -0.15) is 0 Å². The first kappa shape index (κ1) is 34.4. The van der Waals surface area contributed by atoms with Crippen molar-refractivity contribution in [3.05, 3.63) is 16.1 Å². The Balaban J connectivity index is 2.37. The Morgan fingerprint density at radius 3 is 2.05 bits per heavy atom. The number of nitrogens with two attached hydrogens (primary N) is 2. The molecule has 18 nitrogen and oxygen atoms in total. The number of thiazole rings is 1. The summed E-state index contributed by atoms with van der Waals surface area (Å²) in [5, 5.41) is 24.4. The number of primary amides is 1. The Morgan fingerprint density at radius 1 is 0.854 bits per heavy atom. The van der Waals surface area contributed by atoms with Crippen LogP contribution in [-0.2, 0) is 40.1 Å². The van der Waals surface area contributed by atoms with Crippen LogP contribution in [0.5, 0.6) is 0 Å². The lowest BCUT2D eigenvalue weighted by Crippen LogP contribution is -2.49. The number of hydrogen-bond acceptors (Lipinski definition) is 11. The van der Waals surface area contributed by atoms with Gasteiger partial charge in [-0.15, -0.1) is 11.3 Å². The van der Waals surface area contributed by atoms with E-state index >= 15 is 0 Å². The maximum atomic E-state index is 12.3. The van der Waals surface area contributed by atoms with E-state index in [1.165, 1.54) is 19.2 Å². The first-order valence-electron chi connectivity index (χ1n) is 12.1. The molecule has 0 aromatic carbocycles. The standard InChI is InChI=1S/C22H33N9O9S/c1-10(29-17(35)7-26-20(37)12(23)3-4-14(24)32)19(36)28-8-18-31-13(9-41-18)21(38)27-5-15(33)25-6-16(34)30-11(2)22(39)40/h9-12H,3-8,23H2,1-2H3,(H2,24,32)(H,25,33)(H,26,37)(H,27,38)(H,28,36)(H,29,35)(H,30,34)(H,39,40)/t10-,11-,12-/m0/s1. The molecule has 3 atom stereocenters. The zero-order chi connectivity index (χ0) is 31.1. The van der Waals surface area contributed by atoms with Crippen molar-refractivity contribution < 1.29 is 43.5 Å². The summed E-state index contributed by atoms with van der Waals surface area (Å²) < 4.78 is 0. The minimum atomic E-state index is -1.24. The van der Waals surface area contributed by atoms with Gasteiger partial charge >= 0.3 is 5.97 Å².